The molecular formula is C13H11NO5. The highest BCUT2D eigenvalue weighted by atomic mass is 16.5. The lowest BCUT2D eigenvalue weighted by Gasteiger charge is -2.10. The molecule has 1 heterocycles. The Hall–Kier alpha value is -2.76. The van der Waals surface area contributed by atoms with Crippen molar-refractivity contribution in [2.45, 2.75) is 0 Å². The number of phenolic OH excluding ortho intramolecular Hbond substituents is 1. The molecule has 19 heavy (non-hydrogen) atoms. The maximum Gasteiger partial charge on any atom is 0.343 e. The third kappa shape index (κ3) is 2.03. The number of carbonyl (C=O) groups is 2. The molecule has 0 amide bonds. The highest BCUT2D eigenvalue weighted by Gasteiger charge is 2.21. The number of anilines is 1. The zero-order chi connectivity index (χ0) is 14.0. The van der Waals surface area contributed by atoms with Crippen LogP contribution in [0.4, 0.5) is 5.69 Å². The fraction of sp³-hybridized carbons (Fsp3) is 0.0769. The Labute approximate surface area is 108 Å². The summed E-state index contributed by atoms with van der Waals surface area (Å²) in [5, 5.41) is 10.1. The molecule has 0 aliphatic heterocycles. The number of nitrogens with two attached hydrogens (primary N) is 1. The zero-order valence-electron chi connectivity index (χ0n) is 10.0. The van der Waals surface area contributed by atoms with Gasteiger partial charge in [0.05, 0.1) is 13.4 Å². The monoisotopic (exact) mass is 261 g/mol. The van der Waals surface area contributed by atoms with Crippen LogP contribution < -0.4 is 5.73 Å². The van der Waals surface area contributed by atoms with E-state index in [2.05, 4.69) is 4.74 Å². The molecule has 1 aromatic carbocycles. The van der Waals surface area contributed by atoms with E-state index in [1.165, 1.54) is 31.6 Å². The van der Waals surface area contributed by atoms with Crippen molar-refractivity contribution in [2.24, 2.45) is 0 Å². The van der Waals surface area contributed by atoms with Crippen LogP contribution in [0.15, 0.2) is 28.9 Å². The van der Waals surface area contributed by atoms with Crippen LogP contribution in [0.1, 0.15) is 20.9 Å². The van der Waals surface area contributed by atoms with Crippen LogP contribution in [0, 0.1) is 0 Å². The summed E-state index contributed by atoms with van der Waals surface area (Å²) in [5.74, 6) is -1.06. The quantitative estimate of drug-likeness (QED) is 0.496. The standard InChI is InChI=1S/C13H11NO5/c1-18-13(17)11-9(14)3-2-8(12(11)16)7-4-5-19-10(7)6-15/h2-6,16H,14H2,1H3. The Balaban J connectivity index is 2.67. The molecule has 0 bridgehead atoms. The molecule has 2 rings (SSSR count). The fourth-order valence-electron chi connectivity index (χ4n) is 1.78. The Bertz CT molecular complexity index is 644. The highest BCUT2D eigenvalue weighted by Crippen LogP contribution is 2.37. The lowest BCUT2D eigenvalue weighted by Crippen LogP contribution is -2.06. The van der Waals surface area contributed by atoms with E-state index in [0.717, 1.165) is 0 Å². The molecule has 0 saturated carbocycles. The summed E-state index contributed by atoms with van der Waals surface area (Å²) in [6.07, 6.45) is 1.83. The smallest absolute Gasteiger partial charge is 0.343 e. The molecule has 0 fully saturated rings. The molecule has 0 aliphatic carbocycles. The number of carbonyl (C=O) groups excluding carboxylic acids is 2. The van der Waals surface area contributed by atoms with Crippen molar-refractivity contribution >= 4 is 17.9 Å². The summed E-state index contributed by atoms with van der Waals surface area (Å²) in [6.45, 7) is 0. The highest BCUT2D eigenvalue weighted by molar-refractivity contribution is 6.01. The molecule has 1 aromatic heterocycles. The Kier molecular flexibility index (Phi) is 3.24. The van der Waals surface area contributed by atoms with E-state index in [4.69, 9.17) is 10.2 Å². The molecule has 0 unspecified atom stereocenters. The van der Waals surface area contributed by atoms with Gasteiger partial charge in [-0.25, -0.2) is 4.79 Å². The van der Waals surface area contributed by atoms with Gasteiger partial charge in [-0.2, -0.15) is 0 Å². The van der Waals surface area contributed by atoms with Crippen LogP contribution >= 0.6 is 0 Å². The number of ether oxygens (including phenoxy) is 1. The van der Waals surface area contributed by atoms with E-state index >= 15 is 0 Å². The van der Waals surface area contributed by atoms with E-state index in [0.29, 0.717) is 11.8 Å². The van der Waals surface area contributed by atoms with Crippen LogP contribution in [-0.4, -0.2) is 24.5 Å². The second kappa shape index (κ2) is 4.85. The number of phenols is 1. The molecule has 0 saturated heterocycles. The first-order valence-electron chi connectivity index (χ1n) is 5.33. The fourth-order valence-corrected chi connectivity index (χ4v) is 1.78. The zero-order valence-corrected chi connectivity index (χ0v) is 10.0. The SMILES string of the molecule is COC(=O)c1c(N)ccc(-c2ccoc2C=O)c1O. The predicted molar refractivity (Wildman–Crippen MR) is 66.9 cm³/mol. The summed E-state index contributed by atoms with van der Waals surface area (Å²) in [6, 6.07) is 4.45. The van der Waals surface area contributed by atoms with Gasteiger partial charge in [0.1, 0.15) is 11.3 Å². The average Bonchev–Trinajstić information content (AvgIpc) is 2.86. The molecule has 6 heteroatoms. The van der Waals surface area contributed by atoms with E-state index < -0.39 is 5.97 Å². The van der Waals surface area contributed by atoms with Crippen molar-refractivity contribution in [3.05, 3.63) is 35.8 Å². The van der Waals surface area contributed by atoms with Gasteiger partial charge in [-0.15, -0.1) is 0 Å². The minimum absolute atomic E-state index is 0.0517. The lowest BCUT2D eigenvalue weighted by molar-refractivity contribution is 0.0598. The number of rotatable bonds is 3. The Morgan fingerprint density at radius 3 is 2.74 bits per heavy atom. The van der Waals surface area contributed by atoms with Gasteiger partial charge < -0.3 is 20.0 Å². The van der Waals surface area contributed by atoms with Crippen LogP contribution in [0.3, 0.4) is 0 Å². The largest absolute Gasteiger partial charge is 0.506 e. The molecule has 0 spiro atoms. The van der Waals surface area contributed by atoms with E-state index in [1.807, 2.05) is 0 Å². The maximum atomic E-state index is 11.6. The first kappa shape index (κ1) is 12.7. The summed E-state index contributed by atoms with van der Waals surface area (Å²) in [4.78, 5) is 22.4. The number of furan rings is 1. The van der Waals surface area contributed by atoms with Gasteiger partial charge in [0.2, 0.25) is 0 Å². The number of aldehydes is 1. The van der Waals surface area contributed by atoms with Gasteiger partial charge in [-0.05, 0) is 18.2 Å². The third-order valence-electron chi connectivity index (χ3n) is 2.69. The number of esters is 1. The van der Waals surface area contributed by atoms with Crippen LogP contribution in [0.25, 0.3) is 11.1 Å². The Morgan fingerprint density at radius 2 is 2.11 bits per heavy atom. The van der Waals surface area contributed by atoms with Crippen LogP contribution in [0.5, 0.6) is 5.75 Å². The molecule has 2 aromatic rings. The van der Waals surface area contributed by atoms with Gasteiger partial charge in [0, 0.05) is 16.8 Å². The summed E-state index contributed by atoms with van der Waals surface area (Å²) in [5.41, 5.74) is 6.23. The molecule has 98 valence electrons. The maximum absolute atomic E-state index is 11.6. The number of methoxy groups -OCH3 is 1. The summed E-state index contributed by atoms with van der Waals surface area (Å²) < 4.78 is 9.51. The first-order chi connectivity index (χ1) is 9.10. The van der Waals surface area contributed by atoms with Gasteiger partial charge in [-0.3, -0.25) is 4.79 Å². The third-order valence-corrected chi connectivity index (χ3v) is 2.69. The number of hydrogen-bond acceptors (Lipinski definition) is 6. The van der Waals surface area contributed by atoms with Gasteiger partial charge in [-0.1, -0.05) is 0 Å². The van der Waals surface area contributed by atoms with Crippen LogP contribution in [-0.2, 0) is 4.74 Å². The van der Waals surface area contributed by atoms with Gasteiger partial charge in [0.15, 0.2) is 12.0 Å². The first-order valence-corrected chi connectivity index (χ1v) is 5.33. The second-order valence-electron chi connectivity index (χ2n) is 3.73. The average molecular weight is 261 g/mol. The van der Waals surface area contributed by atoms with Crippen molar-refractivity contribution in [1.29, 1.82) is 0 Å². The predicted octanol–water partition coefficient (Wildman–Crippen LogP) is 1.83. The minimum Gasteiger partial charge on any atom is -0.506 e. The molecule has 3 N–H and O–H groups in total. The Morgan fingerprint density at radius 1 is 1.37 bits per heavy atom. The van der Waals surface area contributed by atoms with E-state index in [9.17, 15) is 14.7 Å². The molecule has 0 radical (unpaired) electrons. The van der Waals surface area contributed by atoms with Crippen molar-refractivity contribution in [3.8, 4) is 16.9 Å². The summed E-state index contributed by atoms with van der Waals surface area (Å²) in [7, 11) is 1.18. The van der Waals surface area contributed by atoms with Crippen LogP contribution in [0.2, 0.25) is 0 Å². The molecule has 6 nitrogen and oxygen atoms in total. The van der Waals surface area contributed by atoms with Crippen molar-refractivity contribution < 1.29 is 23.8 Å². The summed E-state index contributed by atoms with van der Waals surface area (Å²) >= 11 is 0. The molecule has 0 aliphatic rings. The van der Waals surface area contributed by atoms with Crippen molar-refractivity contribution in [2.75, 3.05) is 12.8 Å². The number of nitrogen functional groups attached to an aromatic ring is 1. The number of hydrogen-bond donors (Lipinski definition) is 2. The number of benzene rings is 1. The van der Waals surface area contributed by atoms with E-state index in [-0.39, 0.29) is 28.3 Å². The van der Waals surface area contributed by atoms with E-state index in [1.54, 1.807) is 0 Å². The minimum atomic E-state index is -0.756. The normalized spacial score (nSPS) is 10.2. The molecule has 0 atom stereocenters. The lowest BCUT2D eigenvalue weighted by atomic mass is 10.0. The van der Waals surface area contributed by atoms with Crippen molar-refractivity contribution in [3.63, 3.8) is 0 Å². The topological polar surface area (TPSA) is 103 Å². The number of aromatic hydroxyl groups is 1. The van der Waals surface area contributed by atoms with Gasteiger partial charge in [0.25, 0.3) is 0 Å². The second-order valence-corrected chi connectivity index (χ2v) is 3.73. The van der Waals surface area contributed by atoms with Crippen molar-refractivity contribution in [1.82, 2.24) is 0 Å². The van der Waals surface area contributed by atoms with Gasteiger partial charge >= 0.3 is 5.97 Å². The molecular weight excluding hydrogens is 250 g/mol.